The van der Waals surface area contributed by atoms with Crippen LogP contribution in [0.25, 0.3) is 0 Å². The fraction of sp³-hybridized carbons (Fsp3) is 0.714. The Morgan fingerprint density at radius 1 is 1.16 bits per heavy atom. The summed E-state index contributed by atoms with van der Waals surface area (Å²) in [5, 5.41) is 3.08. The van der Waals surface area contributed by atoms with Crippen molar-refractivity contribution in [3.05, 3.63) is 11.9 Å². The van der Waals surface area contributed by atoms with E-state index in [1.165, 1.54) is 0 Å². The Labute approximate surface area is 115 Å². The van der Waals surface area contributed by atoms with Crippen LogP contribution in [0.5, 0.6) is 0 Å². The second-order valence-electron chi connectivity index (χ2n) is 6.39. The third-order valence-electron chi connectivity index (χ3n) is 3.10. The Kier molecular flexibility index (Phi) is 3.43. The maximum Gasteiger partial charge on any atom is 0.134 e. The molecule has 1 saturated heterocycles. The standard InChI is InChI=1S/C14H24N4O/c1-10-16-11(15-6)7-12(17-10)18-8-13(2,3)19-14(4,5)9-18/h7H,8-9H2,1-6H3,(H,15,16,17). The van der Waals surface area contributed by atoms with Gasteiger partial charge in [-0.05, 0) is 34.6 Å². The van der Waals surface area contributed by atoms with Crippen molar-refractivity contribution in [3.63, 3.8) is 0 Å². The lowest BCUT2D eigenvalue weighted by molar-refractivity contribution is -0.133. The largest absolute Gasteiger partial charge is 0.373 e. The van der Waals surface area contributed by atoms with Crippen LogP contribution in [0.1, 0.15) is 33.5 Å². The lowest BCUT2D eigenvalue weighted by Crippen LogP contribution is -2.57. The van der Waals surface area contributed by atoms with Crippen molar-refractivity contribution in [3.8, 4) is 0 Å². The minimum atomic E-state index is -0.180. The SMILES string of the molecule is CNc1cc(N2CC(C)(C)OC(C)(C)C2)nc(C)n1. The first-order valence-electron chi connectivity index (χ1n) is 6.69. The van der Waals surface area contributed by atoms with E-state index in [0.29, 0.717) is 0 Å². The Morgan fingerprint density at radius 2 is 1.74 bits per heavy atom. The van der Waals surface area contributed by atoms with Crippen molar-refractivity contribution < 1.29 is 4.74 Å². The number of nitrogens with zero attached hydrogens (tertiary/aromatic N) is 3. The molecule has 106 valence electrons. The minimum absolute atomic E-state index is 0.180. The number of nitrogens with one attached hydrogen (secondary N) is 1. The van der Waals surface area contributed by atoms with E-state index in [0.717, 1.165) is 30.5 Å². The van der Waals surface area contributed by atoms with Crippen LogP contribution in [-0.2, 0) is 4.74 Å². The molecule has 0 aliphatic carbocycles. The van der Waals surface area contributed by atoms with Crippen LogP contribution < -0.4 is 10.2 Å². The summed E-state index contributed by atoms with van der Waals surface area (Å²) in [7, 11) is 1.87. The summed E-state index contributed by atoms with van der Waals surface area (Å²) in [4.78, 5) is 11.2. The highest BCUT2D eigenvalue weighted by Gasteiger charge is 2.38. The van der Waals surface area contributed by atoms with Gasteiger partial charge in [-0.15, -0.1) is 0 Å². The molecule has 0 spiro atoms. The number of morpholine rings is 1. The van der Waals surface area contributed by atoms with E-state index < -0.39 is 0 Å². The predicted molar refractivity (Wildman–Crippen MR) is 77.8 cm³/mol. The quantitative estimate of drug-likeness (QED) is 0.887. The highest BCUT2D eigenvalue weighted by molar-refractivity contribution is 5.50. The predicted octanol–water partition coefficient (Wildman–Crippen LogP) is 2.22. The maximum atomic E-state index is 6.10. The molecule has 0 amide bonds. The van der Waals surface area contributed by atoms with Crippen LogP contribution in [-0.4, -0.2) is 41.3 Å². The van der Waals surface area contributed by atoms with Crippen LogP contribution in [0, 0.1) is 6.92 Å². The first-order valence-corrected chi connectivity index (χ1v) is 6.69. The Balaban J connectivity index is 2.33. The Bertz CT molecular complexity index is 455. The van der Waals surface area contributed by atoms with Gasteiger partial charge < -0.3 is 15.0 Å². The monoisotopic (exact) mass is 264 g/mol. The van der Waals surface area contributed by atoms with Crippen molar-refractivity contribution in [1.82, 2.24) is 9.97 Å². The van der Waals surface area contributed by atoms with E-state index in [4.69, 9.17) is 4.74 Å². The van der Waals surface area contributed by atoms with Gasteiger partial charge in [0, 0.05) is 26.2 Å². The number of hydrogen-bond donors (Lipinski definition) is 1. The zero-order valence-electron chi connectivity index (χ0n) is 12.7. The number of anilines is 2. The fourth-order valence-corrected chi connectivity index (χ4v) is 2.79. The van der Waals surface area contributed by atoms with E-state index in [2.05, 4.69) is 47.9 Å². The smallest absolute Gasteiger partial charge is 0.134 e. The molecule has 1 fully saturated rings. The average Bonchev–Trinajstić information content (AvgIpc) is 2.24. The molecule has 0 radical (unpaired) electrons. The number of aromatic nitrogens is 2. The number of rotatable bonds is 2. The molecule has 0 unspecified atom stereocenters. The molecule has 1 aliphatic heterocycles. The molecule has 0 bridgehead atoms. The molecule has 5 nitrogen and oxygen atoms in total. The van der Waals surface area contributed by atoms with E-state index in [9.17, 15) is 0 Å². The van der Waals surface area contributed by atoms with Gasteiger partial charge >= 0.3 is 0 Å². The van der Waals surface area contributed by atoms with Crippen molar-refractivity contribution in [1.29, 1.82) is 0 Å². The van der Waals surface area contributed by atoms with Crippen molar-refractivity contribution in [2.24, 2.45) is 0 Å². The molecule has 1 aliphatic rings. The molecule has 0 atom stereocenters. The summed E-state index contributed by atoms with van der Waals surface area (Å²) in [5.41, 5.74) is -0.360. The van der Waals surface area contributed by atoms with E-state index >= 15 is 0 Å². The molecule has 0 aromatic carbocycles. The van der Waals surface area contributed by atoms with Gasteiger partial charge in [0.05, 0.1) is 11.2 Å². The summed E-state index contributed by atoms with van der Waals surface area (Å²) < 4.78 is 6.10. The van der Waals surface area contributed by atoms with Gasteiger partial charge in [0.1, 0.15) is 17.5 Å². The van der Waals surface area contributed by atoms with Crippen LogP contribution in [0.4, 0.5) is 11.6 Å². The van der Waals surface area contributed by atoms with Gasteiger partial charge in [0.2, 0.25) is 0 Å². The molecule has 1 aromatic rings. The van der Waals surface area contributed by atoms with Crippen LogP contribution >= 0.6 is 0 Å². The van der Waals surface area contributed by atoms with Crippen molar-refractivity contribution >= 4 is 11.6 Å². The molecular weight excluding hydrogens is 240 g/mol. The second-order valence-corrected chi connectivity index (χ2v) is 6.39. The van der Waals surface area contributed by atoms with Gasteiger partial charge in [-0.25, -0.2) is 9.97 Å². The summed E-state index contributed by atoms with van der Waals surface area (Å²) in [6, 6.07) is 1.99. The molecule has 1 aromatic heterocycles. The first kappa shape index (κ1) is 14.1. The molecule has 19 heavy (non-hydrogen) atoms. The molecule has 5 heteroatoms. The van der Waals surface area contributed by atoms with Crippen LogP contribution in [0.3, 0.4) is 0 Å². The zero-order valence-corrected chi connectivity index (χ0v) is 12.7. The van der Waals surface area contributed by atoms with Gasteiger partial charge in [-0.1, -0.05) is 0 Å². The van der Waals surface area contributed by atoms with Crippen molar-refractivity contribution in [2.75, 3.05) is 30.4 Å². The zero-order chi connectivity index (χ0) is 14.3. The van der Waals surface area contributed by atoms with E-state index in [-0.39, 0.29) is 11.2 Å². The molecular formula is C14H24N4O. The van der Waals surface area contributed by atoms with Gasteiger partial charge in [-0.3, -0.25) is 0 Å². The molecule has 2 rings (SSSR count). The molecule has 1 N–H and O–H groups in total. The maximum absolute atomic E-state index is 6.10. The fourth-order valence-electron chi connectivity index (χ4n) is 2.79. The molecule has 0 saturated carbocycles. The number of aryl methyl sites for hydroxylation is 1. The van der Waals surface area contributed by atoms with Crippen molar-refractivity contribution in [2.45, 2.75) is 45.8 Å². The summed E-state index contributed by atoms with van der Waals surface area (Å²) in [6.07, 6.45) is 0. The number of ether oxygens (including phenoxy) is 1. The third-order valence-corrected chi connectivity index (χ3v) is 3.10. The van der Waals surface area contributed by atoms with E-state index in [1.807, 2.05) is 20.0 Å². The minimum Gasteiger partial charge on any atom is -0.373 e. The topological polar surface area (TPSA) is 50.3 Å². The number of hydrogen-bond acceptors (Lipinski definition) is 5. The summed E-state index contributed by atoms with van der Waals surface area (Å²) in [6.45, 7) is 12.1. The highest BCUT2D eigenvalue weighted by atomic mass is 16.5. The lowest BCUT2D eigenvalue weighted by atomic mass is 9.99. The average molecular weight is 264 g/mol. The van der Waals surface area contributed by atoms with Gasteiger partial charge in [-0.2, -0.15) is 0 Å². The third kappa shape index (κ3) is 3.35. The van der Waals surface area contributed by atoms with Gasteiger partial charge in [0.25, 0.3) is 0 Å². The van der Waals surface area contributed by atoms with Gasteiger partial charge in [0.15, 0.2) is 0 Å². The highest BCUT2D eigenvalue weighted by Crippen LogP contribution is 2.31. The van der Waals surface area contributed by atoms with Crippen LogP contribution in [0.2, 0.25) is 0 Å². The Hall–Kier alpha value is -1.36. The molecule has 2 heterocycles. The normalized spacial score (nSPS) is 21.3. The van der Waals surface area contributed by atoms with Crippen LogP contribution in [0.15, 0.2) is 6.07 Å². The summed E-state index contributed by atoms with van der Waals surface area (Å²) >= 11 is 0. The second kappa shape index (κ2) is 4.63. The first-order chi connectivity index (χ1) is 8.71. The lowest BCUT2D eigenvalue weighted by Gasteiger charge is -2.47. The summed E-state index contributed by atoms with van der Waals surface area (Å²) in [5.74, 6) is 2.59. The Morgan fingerprint density at radius 3 is 2.26 bits per heavy atom. The van der Waals surface area contributed by atoms with E-state index in [1.54, 1.807) is 0 Å².